The van der Waals surface area contributed by atoms with Crippen molar-refractivity contribution in [2.45, 2.75) is 6.92 Å². The lowest BCUT2D eigenvalue weighted by molar-refractivity contribution is 0.803. The number of hydrogen-bond acceptors (Lipinski definition) is 3. The Morgan fingerprint density at radius 3 is 2.72 bits per heavy atom. The van der Waals surface area contributed by atoms with Crippen LogP contribution >= 0.6 is 0 Å². The number of pyridine rings is 1. The Labute approximate surface area is 105 Å². The summed E-state index contributed by atoms with van der Waals surface area (Å²) in [4.78, 5) is 4.26. The second kappa shape index (κ2) is 4.41. The van der Waals surface area contributed by atoms with E-state index in [1.807, 2.05) is 36.5 Å². The molecule has 0 amide bonds. The molecule has 4 nitrogen and oxygen atoms in total. The predicted molar refractivity (Wildman–Crippen MR) is 69.3 cm³/mol. The molecule has 0 saturated heterocycles. The quantitative estimate of drug-likeness (QED) is 0.687. The molecule has 0 fully saturated rings. The Morgan fingerprint density at radius 1 is 1.00 bits per heavy atom. The summed E-state index contributed by atoms with van der Waals surface area (Å²) < 4.78 is 1.76. The second-order valence-electron chi connectivity index (χ2n) is 4.10. The molecule has 4 heteroatoms. The van der Waals surface area contributed by atoms with Crippen LogP contribution < -0.4 is 0 Å². The Morgan fingerprint density at radius 2 is 1.94 bits per heavy atom. The lowest BCUT2D eigenvalue weighted by Crippen LogP contribution is -1.94. The topological polar surface area (TPSA) is 43.6 Å². The zero-order valence-corrected chi connectivity index (χ0v) is 9.99. The van der Waals surface area contributed by atoms with Gasteiger partial charge in [0.25, 0.3) is 0 Å². The summed E-state index contributed by atoms with van der Waals surface area (Å²) >= 11 is 0. The van der Waals surface area contributed by atoms with Gasteiger partial charge < -0.3 is 0 Å². The zero-order valence-electron chi connectivity index (χ0n) is 9.99. The minimum Gasteiger partial charge on any atom is -0.254 e. The number of benzene rings is 1. The molecule has 1 aromatic carbocycles. The summed E-state index contributed by atoms with van der Waals surface area (Å²) in [6.07, 6.45) is 3.64. The first-order chi connectivity index (χ1) is 8.83. The fourth-order valence-corrected chi connectivity index (χ4v) is 1.79. The molecule has 0 saturated carbocycles. The van der Waals surface area contributed by atoms with Crippen molar-refractivity contribution < 1.29 is 0 Å². The second-order valence-corrected chi connectivity index (χ2v) is 4.10. The molecule has 2 heterocycles. The van der Waals surface area contributed by atoms with E-state index < -0.39 is 0 Å². The Kier molecular flexibility index (Phi) is 2.61. The maximum absolute atomic E-state index is 4.26. The van der Waals surface area contributed by atoms with Crippen LogP contribution in [0.3, 0.4) is 0 Å². The van der Waals surface area contributed by atoms with E-state index in [9.17, 15) is 0 Å². The molecule has 88 valence electrons. The van der Waals surface area contributed by atoms with Crippen LogP contribution in [-0.2, 0) is 0 Å². The van der Waals surface area contributed by atoms with Gasteiger partial charge in [-0.3, -0.25) is 4.98 Å². The third-order valence-corrected chi connectivity index (χ3v) is 2.69. The highest BCUT2D eigenvalue weighted by molar-refractivity contribution is 5.52. The highest BCUT2D eigenvalue weighted by Crippen LogP contribution is 2.15. The third kappa shape index (κ3) is 2.00. The van der Waals surface area contributed by atoms with E-state index in [1.54, 1.807) is 10.9 Å². The van der Waals surface area contributed by atoms with Crippen LogP contribution in [0.5, 0.6) is 0 Å². The summed E-state index contributed by atoms with van der Waals surface area (Å²) in [6, 6.07) is 13.9. The zero-order chi connectivity index (χ0) is 12.4. The van der Waals surface area contributed by atoms with Crippen molar-refractivity contribution in [2.75, 3.05) is 0 Å². The van der Waals surface area contributed by atoms with Gasteiger partial charge in [0.15, 0.2) is 0 Å². The first kappa shape index (κ1) is 10.7. The Balaban J connectivity index is 2.00. The van der Waals surface area contributed by atoms with Crippen LogP contribution in [0.15, 0.2) is 54.9 Å². The van der Waals surface area contributed by atoms with Crippen LogP contribution in [0.2, 0.25) is 0 Å². The van der Waals surface area contributed by atoms with Crippen molar-refractivity contribution in [3.63, 3.8) is 0 Å². The first-order valence-electron chi connectivity index (χ1n) is 5.74. The number of aromatic nitrogens is 4. The molecular formula is C14H12N4. The minimum absolute atomic E-state index is 0.775. The number of hydrogen-bond donors (Lipinski definition) is 0. The lowest BCUT2D eigenvalue weighted by atomic mass is 10.2. The SMILES string of the molecule is Cc1cccc(-n2cc(-c3ccccn3)nn2)c1. The van der Waals surface area contributed by atoms with E-state index in [2.05, 4.69) is 34.4 Å². The number of rotatable bonds is 2. The van der Waals surface area contributed by atoms with Crippen LogP contribution in [0, 0.1) is 6.92 Å². The fraction of sp³-hybridized carbons (Fsp3) is 0.0714. The molecule has 0 atom stereocenters. The van der Waals surface area contributed by atoms with Gasteiger partial charge in [-0.15, -0.1) is 5.10 Å². The normalized spacial score (nSPS) is 10.5. The van der Waals surface area contributed by atoms with Gasteiger partial charge in [-0.1, -0.05) is 23.4 Å². The van der Waals surface area contributed by atoms with Gasteiger partial charge in [0.2, 0.25) is 0 Å². The van der Waals surface area contributed by atoms with E-state index in [1.165, 1.54) is 5.56 Å². The average Bonchev–Trinajstić information content (AvgIpc) is 2.89. The Hall–Kier alpha value is -2.49. The smallest absolute Gasteiger partial charge is 0.131 e. The van der Waals surface area contributed by atoms with Crippen molar-refractivity contribution in [3.8, 4) is 17.1 Å². The van der Waals surface area contributed by atoms with Crippen molar-refractivity contribution in [1.29, 1.82) is 0 Å². The number of aryl methyl sites for hydroxylation is 1. The molecule has 0 spiro atoms. The molecule has 0 aliphatic heterocycles. The first-order valence-corrected chi connectivity index (χ1v) is 5.74. The fourth-order valence-electron chi connectivity index (χ4n) is 1.79. The maximum atomic E-state index is 4.26. The molecule has 0 N–H and O–H groups in total. The van der Waals surface area contributed by atoms with Crippen LogP contribution in [-0.4, -0.2) is 20.0 Å². The van der Waals surface area contributed by atoms with E-state index in [4.69, 9.17) is 0 Å². The summed E-state index contributed by atoms with van der Waals surface area (Å²) in [6.45, 7) is 2.06. The largest absolute Gasteiger partial charge is 0.254 e. The molecule has 3 rings (SSSR count). The summed E-state index contributed by atoms with van der Waals surface area (Å²) in [5, 5.41) is 8.27. The van der Waals surface area contributed by atoms with Gasteiger partial charge in [0, 0.05) is 6.20 Å². The molecule has 0 aliphatic rings. The van der Waals surface area contributed by atoms with Gasteiger partial charge in [0.1, 0.15) is 5.69 Å². The molecule has 3 aromatic rings. The lowest BCUT2D eigenvalue weighted by Gasteiger charge is -2.00. The van der Waals surface area contributed by atoms with Gasteiger partial charge in [-0.2, -0.15) is 0 Å². The highest BCUT2D eigenvalue weighted by atomic mass is 15.4. The van der Waals surface area contributed by atoms with E-state index in [0.717, 1.165) is 17.1 Å². The predicted octanol–water partition coefficient (Wildman–Crippen LogP) is 2.64. The minimum atomic E-state index is 0.775. The molecule has 2 aromatic heterocycles. The van der Waals surface area contributed by atoms with Crippen molar-refractivity contribution >= 4 is 0 Å². The molecular weight excluding hydrogens is 224 g/mol. The average molecular weight is 236 g/mol. The highest BCUT2D eigenvalue weighted by Gasteiger charge is 2.05. The van der Waals surface area contributed by atoms with Crippen molar-refractivity contribution in [3.05, 3.63) is 60.4 Å². The van der Waals surface area contributed by atoms with E-state index >= 15 is 0 Å². The maximum Gasteiger partial charge on any atom is 0.131 e. The summed E-state index contributed by atoms with van der Waals surface area (Å²) in [5.41, 5.74) is 3.81. The van der Waals surface area contributed by atoms with Crippen LogP contribution in [0.4, 0.5) is 0 Å². The molecule has 0 bridgehead atoms. The van der Waals surface area contributed by atoms with Gasteiger partial charge in [-0.05, 0) is 36.8 Å². The standard InChI is InChI=1S/C14H12N4/c1-11-5-4-6-12(9-11)18-10-14(16-17-18)13-7-2-3-8-15-13/h2-10H,1H3. The molecule has 18 heavy (non-hydrogen) atoms. The molecule has 0 unspecified atom stereocenters. The Bertz CT molecular complexity index is 658. The van der Waals surface area contributed by atoms with Crippen molar-refractivity contribution in [1.82, 2.24) is 20.0 Å². The summed E-state index contributed by atoms with van der Waals surface area (Å²) in [5.74, 6) is 0. The van der Waals surface area contributed by atoms with E-state index in [-0.39, 0.29) is 0 Å². The van der Waals surface area contributed by atoms with Gasteiger partial charge in [0.05, 0.1) is 17.6 Å². The van der Waals surface area contributed by atoms with Gasteiger partial charge >= 0.3 is 0 Å². The molecule has 0 aliphatic carbocycles. The van der Waals surface area contributed by atoms with E-state index in [0.29, 0.717) is 0 Å². The van der Waals surface area contributed by atoms with Crippen LogP contribution in [0.1, 0.15) is 5.56 Å². The monoisotopic (exact) mass is 236 g/mol. The molecule has 0 radical (unpaired) electrons. The summed E-state index contributed by atoms with van der Waals surface area (Å²) in [7, 11) is 0. The van der Waals surface area contributed by atoms with Crippen molar-refractivity contribution in [2.24, 2.45) is 0 Å². The van der Waals surface area contributed by atoms with Gasteiger partial charge in [-0.25, -0.2) is 4.68 Å². The van der Waals surface area contributed by atoms with Crippen LogP contribution in [0.25, 0.3) is 17.1 Å². The third-order valence-electron chi connectivity index (χ3n) is 2.69. The number of nitrogens with zero attached hydrogens (tertiary/aromatic N) is 4.